The molecule has 5 heavy (non-hydrogen) atoms. The SMILES string of the molecule is [CH2-]C(=O)O.[Rf]. The van der Waals surface area contributed by atoms with Gasteiger partial charge in [0.1, 0.15) is 0 Å². The summed E-state index contributed by atoms with van der Waals surface area (Å²) in [7, 11) is 0. The molecule has 0 aromatic rings. The Bertz CT molecular complexity index is 30.6. The zero-order chi connectivity index (χ0) is 3.58. The van der Waals surface area contributed by atoms with E-state index >= 15 is 0 Å². The number of carbonyl (C=O) groups is 1. The zero-order valence-corrected chi connectivity index (χ0v) is 9.17. The fourth-order valence-corrected chi connectivity index (χ4v) is 0. The van der Waals surface area contributed by atoms with Gasteiger partial charge >= 0.3 is 0 Å². The van der Waals surface area contributed by atoms with Crippen molar-refractivity contribution in [3.8, 4) is 0 Å². The maximum Gasteiger partial charge on any atom is 0.161 e. The molecule has 0 rings (SSSR count). The van der Waals surface area contributed by atoms with Gasteiger partial charge in [-0.05, 0) is 0 Å². The molecule has 0 aliphatic heterocycles. The first-order valence-corrected chi connectivity index (χ1v) is 0.781. The minimum Gasteiger partial charge on any atom is -0.503 e. The fourth-order valence-electron chi connectivity index (χ4n) is 0. The zero-order valence-electron chi connectivity index (χ0n) is 2.77. The second-order valence-electron chi connectivity index (χ2n) is 0.394. The molecule has 0 aromatic heterocycles. The number of carboxylic acids is 1. The summed E-state index contributed by atoms with van der Waals surface area (Å²) in [6.07, 6.45) is 0. The van der Waals surface area contributed by atoms with Gasteiger partial charge in [-0.3, -0.25) is 11.7 Å². The molecule has 0 saturated carbocycles. The molecule has 0 radical (unpaired) electrons. The number of rotatable bonds is 0. The summed E-state index contributed by atoms with van der Waals surface area (Å²) in [5, 5.41) is 7.31. The van der Waals surface area contributed by atoms with Crippen LogP contribution in [0.25, 0.3) is 0 Å². The maximum absolute atomic E-state index is 8.89. The van der Waals surface area contributed by atoms with E-state index in [0.29, 0.717) is 0 Å². The van der Waals surface area contributed by atoms with Crippen LogP contribution in [0.2, 0.25) is 0 Å². The normalized spacial score (nSPS) is 4.80. The van der Waals surface area contributed by atoms with E-state index in [1.807, 2.05) is 0 Å². The third kappa shape index (κ3) is 0.0982. The fraction of sp³-hybridized carbons (Fsp3) is 0. The molecular weight excluding hydrogens is 323 g/mol. The minimum atomic E-state index is -1.08. The van der Waals surface area contributed by atoms with E-state index in [1.54, 1.807) is 0 Å². The molecule has 0 spiro atoms. The van der Waals surface area contributed by atoms with E-state index in [2.05, 4.69) is 6.92 Å². The van der Waals surface area contributed by atoms with Crippen LogP contribution in [-0.4, -0.2) is 11.1 Å². The van der Waals surface area contributed by atoms with Gasteiger partial charge in [0.05, 0.1) is 0 Å². The first-order valence-electron chi connectivity index (χ1n) is 0.781. The Balaban J connectivity index is 0. The van der Waals surface area contributed by atoms with E-state index in [4.69, 9.17) is 9.90 Å². The Morgan fingerprint density at radius 3 is 1.80 bits per heavy atom. The summed E-state index contributed by atoms with van der Waals surface area (Å²) in [6, 6.07) is 0. The van der Waals surface area contributed by atoms with Crippen LogP contribution < -0.4 is 0 Å². The van der Waals surface area contributed by atoms with Crippen molar-refractivity contribution in [1.82, 2.24) is 0 Å². The van der Waals surface area contributed by atoms with Gasteiger partial charge in [-0.25, -0.2) is 0 Å². The van der Waals surface area contributed by atoms with Crippen LogP contribution in [0.15, 0.2) is 0 Å². The molecule has 0 aliphatic rings. The molecule has 0 fully saturated rings. The molecule has 0 aliphatic carbocycles. The van der Waals surface area contributed by atoms with Crippen LogP contribution in [0.5, 0.6) is 0 Å². The molecule has 3 heteroatoms. The summed E-state index contributed by atoms with van der Waals surface area (Å²) >= 11 is 0. The quantitative estimate of drug-likeness (QED) is 0.632. The van der Waals surface area contributed by atoms with Gasteiger partial charge in [0.25, 0.3) is 0 Å². The molecule has 26 valence electrons. The van der Waals surface area contributed by atoms with Crippen LogP contribution in [0, 0.1) is 6.92 Å². The van der Waals surface area contributed by atoms with Crippen molar-refractivity contribution in [2.45, 2.75) is 0 Å². The molecule has 0 unspecified atom stereocenters. The van der Waals surface area contributed by atoms with Crippen molar-refractivity contribution in [1.29, 1.82) is 0 Å². The summed E-state index contributed by atoms with van der Waals surface area (Å²) in [6.45, 7) is 2.56. The average Bonchev–Trinajstić information content (AvgIpc) is 0.811. The third-order valence-corrected chi connectivity index (χ3v) is 0. The molecule has 0 heterocycles. The van der Waals surface area contributed by atoms with E-state index < -0.39 is 5.97 Å². The van der Waals surface area contributed by atoms with Crippen LogP contribution in [-0.2, 0) is 4.79 Å². The minimum absolute atomic E-state index is 0. The van der Waals surface area contributed by atoms with Gasteiger partial charge in [-0.15, -0.1) is 0 Å². The van der Waals surface area contributed by atoms with Gasteiger partial charge in [-0.1, -0.05) is 0 Å². The van der Waals surface area contributed by atoms with Gasteiger partial charge in [0, 0.05) is 0 Å². The number of hydrogen-bond donors (Lipinski definition) is 1. The van der Waals surface area contributed by atoms with Crippen molar-refractivity contribution in [2.24, 2.45) is 0 Å². The van der Waals surface area contributed by atoms with E-state index in [-0.39, 0.29) is 0 Å². The molecule has 0 amide bonds. The van der Waals surface area contributed by atoms with Crippen molar-refractivity contribution in [3.63, 3.8) is 0 Å². The Morgan fingerprint density at radius 2 is 1.80 bits per heavy atom. The largest absolute Gasteiger partial charge is 0.503 e. The van der Waals surface area contributed by atoms with Gasteiger partial charge in [0.15, 0.2) is 5.97 Å². The van der Waals surface area contributed by atoms with Crippen molar-refractivity contribution >= 4 is 5.97 Å². The van der Waals surface area contributed by atoms with Crippen LogP contribution >= 0.6 is 0 Å². The van der Waals surface area contributed by atoms with Gasteiger partial charge in [0.2, 0.25) is 0 Å². The first kappa shape index (κ1) is 10.2. The molecule has 0 bridgehead atoms. The van der Waals surface area contributed by atoms with E-state index in [0.717, 1.165) is 0 Å². The van der Waals surface area contributed by atoms with E-state index in [1.165, 1.54) is 0 Å². The number of carboxylic acid groups (broad SMARTS) is 1. The number of aliphatic carboxylic acids is 1. The Kier molecular flexibility index (Phi) is 4.77. The maximum atomic E-state index is 8.89. The first-order chi connectivity index (χ1) is 1.73. The average molecular weight is 326 g/mol. The Labute approximate surface area is 24.1 Å². The summed E-state index contributed by atoms with van der Waals surface area (Å²) in [5.41, 5.74) is 0. The Hall–Kier alpha value is -1.66. The van der Waals surface area contributed by atoms with Crippen LogP contribution in [0.3, 0.4) is 0 Å². The standard InChI is InChI=1S/C2H3O2.Rf/c1-2(3)4;/h1H2,(H,3,4);/q-1;. The van der Waals surface area contributed by atoms with Crippen molar-refractivity contribution in [3.05, 3.63) is 6.92 Å². The molecule has 1 N–H and O–H groups in total. The second-order valence-corrected chi connectivity index (χ2v) is 0.394. The molecule has 0 saturated heterocycles. The number of hydrogen-bond acceptors (Lipinski definition) is 1. The van der Waals surface area contributed by atoms with Crippen molar-refractivity contribution < 1.29 is 9.90 Å². The second kappa shape index (κ2) is 2.34. The Morgan fingerprint density at radius 1 is 1.80 bits per heavy atom. The predicted octanol–water partition coefficient (Wildman–Crippen LogP) is -0.0949. The summed E-state index contributed by atoms with van der Waals surface area (Å²) in [5.74, 6) is -1.08. The summed E-state index contributed by atoms with van der Waals surface area (Å²) < 4.78 is 0. The third-order valence-electron chi connectivity index (χ3n) is 0. The van der Waals surface area contributed by atoms with Gasteiger partial charge in [-0.2, -0.15) is 0 Å². The molecule has 0 atom stereocenters. The smallest absolute Gasteiger partial charge is 0.161 e. The predicted molar refractivity (Wildman–Crippen MR) is 13.0 cm³/mol. The van der Waals surface area contributed by atoms with Crippen LogP contribution in [0.1, 0.15) is 0 Å². The van der Waals surface area contributed by atoms with Gasteiger partial charge < -0.3 is 5.11 Å². The van der Waals surface area contributed by atoms with Crippen LogP contribution in [0.4, 0.5) is 0 Å². The monoisotopic (exact) mass is 326 g/mol. The van der Waals surface area contributed by atoms with Crippen molar-refractivity contribution in [2.75, 3.05) is 0 Å². The summed E-state index contributed by atoms with van der Waals surface area (Å²) in [4.78, 5) is 8.89. The van der Waals surface area contributed by atoms with E-state index in [9.17, 15) is 0 Å². The topological polar surface area (TPSA) is 37.3 Å². The molecular formula is C2H3O2Rf-. The molecule has 2 nitrogen and oxygen atoms in total. The molecule has 0 aromatic carbocycles.